The molecule has 2 aromatic rings. The van der Waals surface area contributed by atoms with Crippen molar-refractivity contribution in [3.05, 3.63) is 57.8 Å². The number of rotatable bonds is 5. The molecule has 0 aliphatic heterocycles. The van der Waals surface area contributed by atoms with Gasteiger partial charge in [0, 0.05) is 17.0 Å². The Balaban J connectivity index is 1.77. The van der Waals surface area contributed by atoms with Crippen LogP contribution in [0.4, 0.5) is 0 Å². The van der Waals surface area contributed by atoms with Gasteiger partial charge in [0.05, 0.1) is 0 Å². The number of aryl methyl sites for hydroxylation is 1. The van der Waals surface area contributed by atoms with Gasteiger partial charge in [-0.3, -0.25) is 0 Å². The zero-order valence-corrected chi connectivity index (χ0v) is 12.4. The van der Waals surface area contributed by atoms with Crippen molar-refractivity contribution < 1.29 is 0 Å². The maximum atomic E-state index is 3.85. The molecule has 1 nitrogen and oxygen atoms in total. The Morgan fingerprint density at radius 3 is 2.58 bits per heavy atom. The van der Waals surface area contributed by atoms with Gasteiger partial charge in [-0.05, 0) is 55.2 Å². The number of hydrogen-bond acceptors (Lipinski definition) is 2. The molecule has 1 aromatic heterocycles. The Kier molecular flexibility index (Phi) is 3.72. The molecule has 1 fully saturated rings. The number of nitrogens with one attached hydrogen (secondary N) is 1. The number of benzene rings is 1. The average Bonchev–Trinajstić information content (AvgIpc) is 3.11. The van der Waals surface area contributed by atoms with Crippen LogP contribution < -0.4 is 5.32 Å². The summed E-state index contributed by atoms with van der Waals surface area (Å²) >= 11 is 1.88. The molecule has 0 spiro atoms. The monoisotopic (exact) mass is 271 g/mol. The predicted octanol–water partition coefficient (Wildman–Crippen LogP) is 4.86. The van der Waals surface area contributed by atoms with E-state index in [1.54, 1.807) is 0 Å². The largest absolute Gasteiger partial charge is 0.302 e. The molecule has 100 valence electrons. The van der Waals surface area contributed by atoms with Crippen LogP contribution in [0.15, 0.2) is 41.8 Å². The van der Waals surface area contributed by atoms with Gasteiger partial charge in [0.15, 0.2) is 0 Å². The van der Waals surface area contributed by atoms with Crippen molar-refractivity contribution in [2.75, 3.05) is 0 Å². The van der Waals surface area contributed by atoms with Crippen molar-refractivity contribution in [1.29, 1.82) is 0 Å². The molecular formula is C17H21NS. The molecule has 3 rings (SSSR count). The predicted molar refractivity (Wildman–Crippen MR) is 82.5 cm³/mol. The minimum absolute atomic E-state index is 0.411. The molecule has 1 N–H and O–H groups in total. The van der Waals surface area contributed by atoms with Crippen LogP contribution in [0.1, 0.15) is 47.9 Å². The summed E-state index contributed by atoms with van der Waals surface area (Å²) in [5.41, 5.74) is 2.80. The SMILES string of the molecule is Cc1ccccc1[C@@H](C)NC(c1cccs1)C1CC1. The van der Waals surface area contributed by atoms with Crippen molar-refractivity contribution >= 4 is 11.3 Å². The van der Waals surface area contributed by atoms with Crippen LogP contribution >= 0.6 is 11.3 Å². The van der Waals surface area contributed by atoms with Gasteiger partial charge in [-0.1, -0.05) is 30.3 Å². The Morgan fingerprint density at radius 1 is 1.16 bits per heavy atom. The van der Waals surface area contributed by atoms with Gasteiger partial charge in [-0.25, -0.2) is 0 Å². The van der Waals surface area contributed by atoms with Crippen LogP contribution in [-0.2, 0) is 0 Å². The first-order chi connectivity index (χ1) is 9.25. The van der Waals surface area contributed by atoms with E-state index in [1.807, 2.05) is 11.3 Å². The standard InChI is InChI=1S/C17H21NS/c1-12-6-3-4-7-15(12)13(2)18-17(14-9-10-14)16-8-5-11-19-16/h3-8,11,13-14,17-18H,9-10H2,1-2H3/t13-,17?/m1/s1. The van der Waals surface area contributed by atoms with Gasteiger partial charge in [0.2, 0.25) is 0 Å². The smallest absolute Gasteiger partial charge is 0.0448 e. The Hall–Kier alpha value is -1.12. The fourth-order valence-corrected chi connectivity index (χ4v) is 3.66. The Bertz CT molecular complexity index is 528. The molecule has 1 unspecified atom stereocenters. The third kappa shape index (κ3) is 2.90. The fraction of sp³-hybridized carbons (Fsp3) is 0.412. The first-order valence-electron chi connectivity index (χ1n) is 7.10. The molecule has 1 aromatic carbocycles. The Morgan fingerprint density at radius 2 is 1.95 bits per heavy atom. The van der Waals surface area contributed by atoms with Gasteiger partial charge in [-0.2, -0.15) is 0 Å². The zero-order valence-electron chi connectivity index (χ0n) is 11.6. The summed E-state index contributed by atoms with van der Waals surface area (Å²) in [5.74, 6) is 0.838. The van der Waals surface area contributed by atoms with Crippen molar-refractivity contribution in [2.24, 2.45) is 5.92 Å². The third-order valence-electron chi connectivity index (χ3n) is 4.03. The van der Waals surface area contributed by atoms with Gasteiger partial charge < -0.3 is 5.32 Å². The summed E-state index contributed by atoms with van der Waals surface area (Å²) in [4.78, 5) is 1.49. The van der Waals surface area contributed by atoms with Crippen molar-refractivity contribution in [2.45, 2.75) is 38.8 Å². The summed E-state index contributed by atoms with van der Waals surface area (Å²) in [6, 6.07) is 14.1. The quantitative estimate of drug-likeness (QED) is 0.819. The summed E-state index contributed by atoms with van der Waals surface area (Å²) in [6.45, 7) is 4.48. The molecule has 0 radical (unpaired) electrons. The third-order valence-corrected chi connectivity index (χ3v) is 4.98. The average molecular weight is 271 g/mol. The lowest BCUT2D eigenvalue weighted by Crippen LogP contribution is -2.26. The highest BCUT2D eigenvalue weighted by atomic mass is 32.1. The van der Waals surface area contributed by atoms with E-state index in [2.05, 4.69) is 60.9 Å². The van der Waals surface area contributed by atoms with E-state index in [0.717, 1.165) is 5.92 Å². The molecule has 1 saturated carbocycles. The van der Waals surface area contributed by atoms with Crippen molar-refractivity contribution in [3.8, 4) is 0 Å². The van der Waals surface area contributed by atoms with E-state index < -0.39 is 0 Å². The van der Waals surface area contributed by atoms with Crippen LogP contribution in [0, 0.1) is 12.8 Å². The van der Waals surface area contributed by atoms with Crippen LogP contribution in [0.3, 0.4) is 0 Å². The fourth-order valence-electron chi connectivity index (χ4n) is 2.78. The van der Waals surface area contributed by atoms with Gasteiger partial charge >= 0.3 is 0 Å². The highest BCUT2D eigenvalue weighted by Crippen LogP contribution is 2.43. The molecule has 0 bridgehead atoms. The highest BCUT2D eigenvalue weighted by molar-refractivity contribution is 7.10. The lowest BCUT2D eigenvalue weighted by atomic mass is 10.0. The van der Waals surface area contributed by atoms with Crippen LogP contribution in [0.2, 0.25) is 0 Å². The van der Waals surface area contributed by atoms with E-state index in [1.165, 1.54) is 28.8 Å². The summed E-state index contributed by atoms with van der Waals surface area (Å²) in [5, 5.41) is 6.03. The van der Waals surface area contributed by atoms with Crippen LogP contribution in [0.25, 0.3) is 0 Å². The normalized spacial score (nSPS) is 18.2. The van der Waals surface area contributed by atoms with Crippen molar-refractivity contribution in [3.63, 3.8) is 0 Å². The summed E-state index contributed by atoms with van der Waals surface area (Å²) in [6.07, 6.45) is 2.74. The summed E-state index contributed by atoms with van der Waals surface area (Å²) in [7, 11) is 0. The van der Waals surface area contributed by atoms with Gasteiger partial charge in [0.25, 0.3) is 0 Å². The molecule has 1 heterocycles. The second-order valence-corrected chi connectivity index (χ2v) is 6.55. The number of thiophene rings is 1. The molecular weight excluding hydrogens is 250 g/mol. The van der Waals surface area contributed by atoms with E-state index in [4.69, 9.17) is 0 Å². The topological polar surface area (TPSA) is 12.0 Å². The minimum Gasteiger partial charge on any atom is -0.302 e. The maximum absolute atomic E-state index is 3.85. The molecule has 19 heavy (non-hydrogen) atoms. The molecule has 2 atom stereocenters. The van der Waals surface area contributed by atoms with Gasteiger partial charge in [0.1, 0.15) is 0 Å². The first-order valence-corrected chi connectivity index (χ1v) is 7.98. The maximum Gasteiger partial charge on any atom is 0.0448 e. The molecule has 0 amide bonds. The van der Waals surface area contributed by atoms with E-state index >= 15 is 0 Å². The van der Waals surface area contributed by atoms with Gasteiger partial charge in [-0.15, -0.1) is 11.3 Å². The summed E-state index contributed by atoms with van der Waals surface area (Å²) < 4.78 is 0. The Labute approximate surface area is 119 Å². The number of hydrogen-bond donors (Lipinski definition) is 1. The van der Waals surface area contributed by atoms with Crippen molar-refractivity contribution in [1.82, 2.24) is 5.32 Å². The highest BCUT2D eigenvalue weighted by Gasteiger charge is 2.33. The molecule has 0 saturated heterocycles. The first kappa shape index (κ1) is 12.9. The zero-order chi connectivity index (χ0) is 13.2. The molecule has 2 heteroatoms. The van der Waals surface area contributed by atoms with Crippen LogP contribution in [-0.4, -0.2) is 0 Å². The van der Waals surface area contributed by atoms with E-state index in [0.29, 0.717) is 12.1 Å². The lowest BCUT2D eigenvalue weighted by Gasteiger charge is -2.24. The van der Waals surface area contributed by atoms with E-state index in [-0.39, 0.29) is 0 Å². The van der Waals surface area contributed by atoms with E-state index in [9.17, 15) is 0 Å². The van der Waals surface area contributed by atoms with Crippen LogP contribution in [0.5, 0.6) is 0 Å². The second-order valence-electron chi connectivity index (χ2n) is 5.58. The minimum atomic E-state index is 0.411. The second kappa shape index (κ2) is 5.48. The molecule has 1 aliphatic carbocycles. The molecule has 1 aliphatic rings. The lowest BCUT2D eigenvalue weighted by molar-refractivity contribution is 0.432.